The summed E-state index contributed by atoms with van der Waals surface area (Å²) in [5.74, 6) is 0.300. The summed E-state index contributed by atoms with van der Waals surface area (Å²) in [4.78, 5) is 15.2. The predicted molar refractivity (Wildman–Crippen MR) is 137 cm³/mol. The maximum atomic E-state index is 13.0. The van der Waals surface area contributed by atoms with Gasteiger partial charge in [0.2, 0.25) is 5.91 Å². The second kappa shape index (κ2) is 11.5. The van der Waals surface area contributed by atoms with E-state index in [2.05, 4.69) is 10.2 Å². The molecule has 0 radical (unpaired) electrons. The van der Waals surface area contributed by atoms with Crippen LogP contribution in [0.15, 0.2) is 53.4 Å². The average Bonchev–Trinajstić information content (AvgIpc) is 3.04. The fourth-order valence-electron chi connectivity index (χ4n) is 5.16. The Morgan fingerprint density at radius 1 is 1.03 bits per heavy atom. The van der Waals surface area contributed by atoms with Crippen LogP contribution >= 0.6 is 0 Å². The van der Waals surface area contributed by atoms with E-state index >= 15 is 0 Å². The molecular formula is C28H35FN2O3S. The molecule has 5 nitrogen and oxygen atoms in total. The molecule has 0 saturated heterocycles. The number of nitrogens with one attached hydrogen (secondary N) is 1. The van der Waals surface area contributed by atoms with Gasteiger partial charge in [-0.25, -0.2) is 12.8 Å². The van der Waals surface area contributed by atoms with Crippen LogP contribution in [0.2, 0.25) is 0 Å². The van der Waals surface area contributed by atoms with Crippen molar-refractivity contribution in [1.29, 1.82) is 0 Å². The number of sulfone groups is 1. The molecular weight excluding hydrogens is 463 g/mol. The summed E-state index contributed by atoms with van der Waals surface area (Å²) in [5.41, 5.74) is 3.24. The number of carbonyl (C=O) groups is 1. The van der Waals surface area contributed by atoms with Crippen molar-refractivity contribution in [3.05, 3.63) is 71.0 Å². The number of hydrogen-bond donors (Lipinski definition) is 1. The molecule has 1 fully saturated rings. The summed E-state index contributed by atoms with van der Waals surface area (Å²) in [6.07, 6.45) is 11.8. The minimum absolute atomic E-state index is 0.0964. The molecule has 1 amide bonds. The third kappa shape index (κ3) is 7.48. The molecule has 2 aliphatic rings. The number of amides is 1. The van der Waals surface area contributed by atoms with Crippen LogP contribution in [0.3, 0.4) is 0 Å². The summed E-state index contributed by atoms with van der Waals surface area (Å²) in [6, 6.07) is 11.9. The number of rotatable bonds is 7. The summed E-state index contributed by atoms with van der Waals surface area (Å²) >= 11 is 0. The summed E-state index contributed by atoms with van der Waals surface area (Å²) < 4.78 is 36.7. The lowest BCUT2D eigenvalue weighted by Crippen LogP contribution is -2.37. The Hall–Kier alpha value is -2.51. The number of carbonyl (C=O) groups excluding carboxylic acids is 1. The van der Waals surface area contributed by atoms with Gasteiger partial charge in [-0.2, -0.15) is 0 Å². The normalized spacial score (nSPS) is 21.4. The van der Waals surface area contributed by atoms with E-state index in [1.54, 1.807) is 24.3 Å². The third-order valence-corrected chi connectivity index (χ3v) is 8.45. The molecule has 2 aromatic rings. The standard InChI is InChI=1S/C28H35FN2O3S/c1-35(33,34)27-12-7-23-15-18-31(19-16-24(23)20-27)17-14-22-4-10-26(11-5-22)30-28(32)13-6-21-2-8-25(29)9-3-21/h2-3,6-9,12-13,20,22,26H,4-5,10-11,14-19H2,1H3,(H,30,32)/b13-6+. The smallest absolute Gasteiger partial charge is 0.244 e. The first-order valence-corrected chi connectivity index (χ1v) is 14.4. The number of halogens is 1. The van der Waals surface area contributed by atoms with Crippen LogP contribution in [0.4, 0.5) is 4.39 Å². The molecule has 35 heavy (non-hydrogen) atoms. The highest BCUT2D eigenvalue weighted by atomic mass is 32.2. The molecule has 7 heteroatoms. The molecule has 2 aromatic carbocycles. The van der Waals surface area contributed by atoms with Crippen LogP contribution in [0.5, 0.6) is 0 Å². The quantitative estimate of drug-likeness (QED) is 0.575. The minimum atomic E-state index is -3.17. The second-order valence-electron chi connectivity index (χ2n) is 9.94. The molecule has 188 valence electrons. The third-order valence-electron chi connectivity index (χ3n) is 7.34. The topological polar surface area (TPSA) is 66.5 Å². The molecule has 0 spiro atoms. The van der Waals surface area contributed by atoms with Gasteiger partial charge < -0.3 is 10.2 Å². The van der Waals surface area contributed by atoms with E-state index in [1.165, 1.54) is 35.6 Å². The van der Waals surface area contributed by atoms with Crippen molar-refractivity contribution >= 4 is 21.8 Å². The number of fused-ring (bicyclic) bond motifs is 1. The molecule has 1 saturated carbocycles. The fourth-order valence-corrected chi connectivity index (χ4v) is 5.83. The van der Waals surface area contributed by atoms with E-state index in [0.29, 0.717) is 10.8 Å². The van der Waals surface area contributed by atoms with Crippen LogP contribution in [0, 0.1) is 11.7 Å². The molecule has 1 aliphatic heterocycles. The molecule has 1 N–H and O–H groups in total. The largest absolute Gasteiger partial charge is 0.350 e. The SMILES string of the molecule is CS(=O)(=O)c1ccc2c(c1)CCN(CCC1CCC(NC(=O)/C=C/c3ccc(F)cc3)CC1)CC2. The highest BCUT2D eigenvalue weighted by Gasteiger charge is 2.23. The first-order chi connectivity index (χ1) is 16.8. The van der Waals surface area contributed by atoms with Crippen molar-refractivity contribution < 1.29 is 17.6 Å². The first kappa shape index (κ1) is 25.6. The van der Waals surface area contributed by atoms with Gasteiger partial charge in [-0.15, -0.1) is 0 Å². The second-order valence-corrected chi connectivity index (χ2v) is 12.0. The Morgan fingerprint density at radius 2 is 1.71 bits per heavy atom. The molecule has 0 bridgehead atoms. The van der Waals surface area contributed by atoms with E-state index in [9.17, 15) is 17.6 Å². The van der Waals surface area contributed by atoms with Gasteiger partial charge >= 0.3 is 0 Å². The molecule has 0 aromatic heterocycles. The Bertz CT molecular complexity index is 1150. The number of nitrogens with zero attached hydrogens (tertiary/aromatic N) is 1. The van der Waals surface area contributed by atoms with E-state index in [1.807, 2.05) is 12.1 Å². The highest BCUT2D eigenvalue weighted by Crippen LogP contribution is 2.28. The lowest BCUT2D eigenvalue weighted by Gasteiger charge is -2.30. The Morgan fingerprint density at radius 3 is 2.40 bits per heavy atom. The maximum absolute atomic E-state index is 13.0. The van der Waals surface area contributed by atoms with Gasteiger partial charge in [-0.05, 0) is 104 Å². The van der Waals surface area contributed by atoms with Crippen LogP contribution in [-0.4, -0.2) is 51.2 Å². The summed E-state index contributed by atoms with van der Waals surface area (Å²) in [6.45, 7) is 3.04. The highest BCUT2D eigenvalue weighted by molar-refractivity contribution is 7.90. The van der Waals surface area contributed by atoms with Crippen molar-refractivity contribution in [3.8, 4) is 0 Å². The van der Waals surface area contributed by atoms with Crippen molar-refractivity contribution in [1.82, 2.24) is 10.2 Å². The van der Waals surface area contributed by atoms with Gasteiger partial charge in [0.05, 0.1) is 4.90 Å². The molecule has 0 unspecified atom stereocenters. The van der Waals surface area contributed by atoms with Crippen LogP contribution in [-0.2, 0) is 27.5 Å². The Balaban J connectivity index is 1.17. The Kier molecular flexibility index (Phi) is 8.39. The van der Waals surface area contributed by atoms with Gasteiger partial charge in [-0.3, -0.25) is 4.79 Å². The van der Waals surface area contributed by atoms with Gasteiger partial charge in [0.25, 0.3) is 0 Å². The summed E-state index contributed by atoms with van der Waals surface area (Å²) in [5, 5.41) is 3.11. The molecule has 0 atom stereocenters. The van der Waals surface area contributed by atoms with Crippen LogP contribution in [0.1, 0.15) is 48.8 Å². The van der Waals surface area contributed by atoms with Gasteiger partial charge in [0, 0.05) is 31.5 Å². The van der Waals surface area contributed by atoms with E-state index in [4.69, 9.17) is 0 Å². The molecule has 1 heterocycles. The van der Waals surface area contributed by atoms with Crippen LogP contribution < -0.4 is 5.32 Å². The van der Waals surface area contributed by atoms with Gasteiger partial charge in [0.15, 0.2) is 9.84 Å². The zero-order chi connectivity index (χ0) is 24.8. The van der Waals surface area contributed by atoms with Crippen molar-refractivity contribution in [3.63, 3.8) is 0 Å². The zero-order valence-corrected chi connectivity index (χ0v) is 21.2. The lowest BCUT2D eigenvalue weighted by atomic mass is 9.84. The lowest BCUT2D eigenvalue weighted by molar-refractivity contribution is -0.117. The van der Waals surface area contributed by atoms with Crippen molar-refractivity contribution in [2.45, 2.75) is 55.9 Å². The average molecular weight is 499 g/mol. The summed E-state index contributed by atoms with van der Waals surface area (Å²) in [7, 11) is -3.17. The van der Waals surface area contributed by atoms with E-state index in [0.717, 1.165) is 70.1 Å². The Labute approximate surface area is 208 Å². The fraction of sp³-hybridized carbons (Fsp3) is 0.464. The van der Waals surface area contributed by atoms with E-state index in [-0.39, 0.29) is 17.8 Å². The zero-order valence-electron chi connectivity index (χ0n) is 20.4. The van der Waals surface area contributed by atoms with E-state index < -0.39 is 9.84 Å². The van der Waals surface area contributed by atoms with Crippen LogP contribution in [0.25, 0.3) is 6.08 Å². The number of benzene rings is 2. The monoisotopic (exact) mass is 498 g/mol. The molecule has 4 rings (SSSR count). The minimum Gasteiger partial charge on any atom is -0.350 e. The van der Waals surface area contributed by atoms with Gasteiger partial charge in [0.1, 0.15) is 5.82 Å². The predicted octanol–water partition coefficient (Wildman–Crippen LogP) is 4.41. The van der Waals surface area contributed by atoms with Gasteiger partial charge in [-0.1, -0.05) is 18.2 Å². The molecule has 1 aliphatic carbocycles. The van der Waals surface area contributed by atoms with Crippen molar-refractivity contribution in [2.75, 3.05) is 25.9 Å². The number of hydrogen-bond acceptors (Lipinski definition) is 4. The van der Waals surface area contributed by atoms with Crippen molar-refractivity contribution in [2.24, 2.45) is 5.92 Å². The first-order valence-electron chi connectivity index (χ1n) is 12.5. The maximum Gasteiger partial charge on any atom is 0.244 e.